The summed E-state index contributed by atoms with van der Waals surface area (Å²) in [5, 5.41) is 0. The molecular weight excluding hydrogens is 262 g/mol. The van der Waals surface area contributed by atoms with E-state index in [9.17, 15) is 8.78 Å². The molecule has 5 atom stereocenters. The van der Waals surface area contributed by atoms with E-state index in [1.807, 2.05) is 13.8 Å². The molecule has 0 aromatic heterocycles. The fourth-order valence-corrected chi connectivity index (χ4v) is 3.23. The summed E-state index contributed by atoms with van der Waals surface area (Å²) in [5.41, 5.74) is 3.09. The highest BCUT2D eigenvalue weighted by Crippen LogP contribution is 2.35. The molecule has 20 heavy (non-hydrogen) atoms. The molecule has 2 rings (SSSR count). The molecule has 1 saturated heterocycles. The molecule has 0 spiro atoms. The van der Waals surface area contributed by atoms with Crippen LogP contribution < -0.4 is 11.3 Å². The van der Waals surface area contributed by atoms with E-state index < -0.39 is 11.6 Å². The van der Waals surface area contributed by atoms with Crippen LogP contribution in [0, 0.1) is 23.5 Å². The molecule has 1 aliphatic heterocycles. The molecular formula is C15H22F2N2O. The quantitative estimate of drug-likeness (QED) is 0.659. The van der Waals surface area contributed by atoms with E-state index in [1.54, 1.807) is 0 Å². The summed E-state index contributed by atoms with van der Waals surface area (Å²) in [6.07, 6.45) is 0.524. The van der Waals surface area contributed by atoms with Gasteiger partial charge in [0.2, 0.25) is 0 Å². The minimum atomic E-state index is -0.436. The van der Waals surface area contributed by atoms with Gasteiger partial charge in [-0.05, 0) is 49.9 Å². The minimum Gasteiger partial charge on any atom is -0.375 e. The molecule has 1 aliphatic rings. The predicted molar refractivity (Wildman–Crippen MR) is 73.8 cm³/mol. The summed E-state index contributed by atoms with van der Waals surface area (Å²) in [6, 6.07) is 3.35. The Morgan fingerprint density at radius 1 is 1.25 bits per heavy atom. The number of rotatable bonds is 4. The Hall–Kier alpha value is -1.04. The lowest BCUT2D eigenvalue weighted by Gasteiger charge is -2.28. The van der Waals surface area contributed by atoms with Crippen LogP contribution in [-0.4, -0.2) is 18.2 Å². The van der Waals surface area contributed by atoms with Gasteiger partial charge in [-0.25, -0.2) is 8.78 Å². The Balaban J connectivity index is 2.19. The molecule has 3 N–H and O–H groups in total. The highest BCUT2D eigenvalue weighted by molar-refractivity contribution is 5.20. The third-order valence-corrected chi connectivity index (χ3v) is 4.45. The standard InChI is InChI=1S/C15H22F2N2O/c1-8-9(2)20-10(3)15(8)14(19-18)7-11-6-12(16)4-5-13(11)17/h4-6,8-10,14-15,19H,7,18H2,1-3H3. The predicted octanol–water partition coefficient (Wildman–Crippen LogP) is 2.40. The lowest BCUT2D eigenvalue weighted by atomic mass is 9.81. The van der Waals surface area contributed by atoms with Crippen molar-refractivity contribution in [2.45, 2.75) is 45.4 Å². The zero-order chi connectivity index (χ0) is 14.9. The first-order valence-corrected chi connectivity index (χ1v) is 6.99. The summed E-state index contributed by atoms with van der Waals surface area (Å²) in [5.74, 6) is 5.27. The summed E-state index contributed by atoms with van der Waals surface area (Å²) in [7, 11) is 0. The zero-order valence-corrected chi connectivity index (χ0v) is 12.1. The fraction of sp³-hybridized carbons (Fsp3) is 0.600. The number of halogens is 2. The van der Waals surface area contributed by atoms with E-state index in [4.69, 9.17) is 10.6 Å². The van der Waals surface area contributed by atoms with E-state index in [1.165, 1.54) is 6.07 Å². The molecule has 112 valence electrons. The molecule has 1 fully saturated rings. The van der Waals surface area contributed by atoms with Crippen LogP contribution in [0.2, 0.25) is 0 Å². The molecule has 0 amide bonds. The van der Waals surface area contributed by atoms with Crippen LogP contribution in [-0.2, 0) is 11.2 Å². The Bertz CT molecular complexity index is 469. The smallest absolute Gasteiger partial charge is 0.126 e. The molecule has 0 bridgehead atoms. The van der Waals surface area contributed by atoms with Crippen LogP contribution in [0.1, 0.15) is 26.3 Å². The average molecular weight is 284 g/mol. The number of nitrogens with one attached hydrogen (secondary N) is 1. The first-order valence-electron chi connectivity index (χ1n) is 6.99. The van der Waals surface area contributed by atoms with E-state index >= 15 is 0 Å². The molecule has 3 nitrogen and oxygen atoms in total. The van der Waals surface area contributed by atoms with Gasteiger partial charge in [-0.1, -0.05) is 6.92 Å². The van der Waals surface area contributed by atoms with Gasteiger partial charge < -0.3 is 4.74 Å². The van der Waals surface area contributed by atoms with Gasteiger partial charge in [-0.3, -0.25) is 11.3 Å². The van der Waals surface area contributed by atoms with Gasteiger partial charge in [-0.15, -0.1) is 0 Å². The molecule has 5 unspecified atom stereocenters. The minimum absolute atomic E-state index is 0.0395. The number of hydrogen-bond acceptors (Lipinski definition) is 3. The van der Waals surface area contributed by atoms with Crippen molar-refractivity contribution in [3.63, 3.8) is 0 Å². The topological polar surface area (TPSA) is 47.3 Å². The third kappa shape index (κ3) is 3.00. The molecule has 1 aromatic rings. The van der Waals surface area contributed by atoms with Crippen molar-refractivity contribution in [3.05, 3.63) is 35.4 Å². The van der Waals surface area contributed by atoms with Crippen molar-refractivity contribution in [1.82, 2.24) is 5.43 Å². The van der Waals surface area contributed by atoms with Crippen molar-refractivity contribution in [1.29, 1.82) is 0 Å². The fourth-order valence-electron chi connectivity index (χ4n) is 3.23. The highest BCUT2D eigenvalue weighted by atomic mass is 19.1. The third-order valence-electron chi connectivity index (χ3n) is 4.45. The molecule has 0 saturated carbocycles. The van der Waals surface area contributed by atoms with Gasteiger partial charge >= 0.3 is 0 Å². The summed E-state index contributed by atoms with van der Waals surface area (Å²) in [6.45, 7) is 6.12. The van der Waals surface area contributed by atoms with Crippen molar-refractivity contribution < 1.29 is 13.5 Å². The normalized spacial score (nSPS) is 31.5. The van der Waals surface area contributed by atoms with Gasteiger partial charge in [0.15, 0.2) is 0 Å². The lowest BCUT2D eigenvalue weighted by molar-refractivity contribution is 0.0475. The highest BCUT2D eigenvalue weighted by Gasteiger charge is 2.41. The van der Waals surface area contributed by atoms with Crippen LogP contribution in [0.3, 0.4) is 0 Å². The SMILES string of the molecule is CC1OC(C)C(C(Cc2cc(F)ccc2F)NN)C1C. The zero-order valence-electron chi connectivity index (χ0n) is 12.1. The van der Waals surface area contributed by atoms with Gasteiger partial charge in [-0.2, -0.15) is 0 Å². The Labute approximate surface area is 118 Å². The summed E-state index contributed by atoms with van der Waals surface area (Å²) < 4.78 is 32.8. The maximum Gasteiger partial charge on any atom is 0.126 e. The van der Waals surface area contributed by atoms with Gasteiger partial charge in [0.05, 0.1) is 12.2 Å². The Kier molecular flexibility index (Phi) is 4.73. The van der Waals surface area contributed by atoms with Crippen molar-refractivity contribution >= 4 is 0 Å². The largest absolute Gasteiger partial charge is 0.375 e. The van der Waals surface area contributed by atoms with Crippen LogP contribution >= 0.6 is 0 Å². The van der Waals surface area contributed by atoms with E-state index in [0.717, 1.165) is 12.1 Å². The maximum absolute atomic E-state index is 13.8. The lowest BCUT2D eigenvalue weighted by Crippen LogP contribution is -2.46. The second-order valence-corrected chi connectivity index (χ2v) is 5.70. The molecule has 5 heteroatoms. The second-order valence-electron chi connectivity index (χ2n) is 5.70. The van der Waals surface area contributed by atoms with Crippen molar-refractivity contribution in [2.75, 3.05) is 0 Å². The van der Waals surface area contributed by atoms with Crippen LogP contribution in [0.25, 0.3) is 0 Å². The van der Waals surface area contributed by atoms with Crippen molar-refractivity contribution in [3.8, 4) is 0 Å². The van der Waals surface area contributed by atoms with Crippen LogP contribution in [0.5, 0.6) is 0 Å². The molecule has 1 aromatic carbocycles. The molecule has 0 radical (unpaired) electrons. The van der Waals surface area contributed by atoms with Crippen molar-refractivity contribution in [2.24, 2.45) is 17.7 Å². The Morgan fingerprint density at radius 2 is 1.95 bits per heavy atom. The summed E-state index contributed by atoms with van der Waals surface area (Å²) in [4.78, 5) is 0. The van der Waals surface area contributed by atoms with E-state index in [2.05, 4.69) is 12.3 Å². The van der Waals surface area contributed by atoms with Gasteiger partial charge in [0, 0.05) is 12.0 Å². The van der Waals surface area contributed by atoms with E-state index in [0.29, 0.717) is 17.9 Å². The number of benzene rings is 1. The number of hydrazine groups is 1. The number of nitrogens with two attached hydrogens (primary N) is 1. The second kappa shape index (κ2) is 6.16. The van der Waals surface area contributed by atoms with Crippen LogP contribution in [0.15, 0.2) is 18.2 Å². The monoisotopic (exact) mass is 284 g/mol. The first kappa shape index (κ1) is 15.4. The maximum atomic E-state index is 13.8. The van der Waals surface area contributed by atoms with Gasteiger partial charge in [0.25, 0.3) is 0 Å². The number of ether oxygens (including phenoxy) is 1. The number of hydrogen-bond donors (Lipinski definition) is 2. The van der Waals surface area contributed by atoms with E-state index in [-0.39, 0.29) is 24.2 Å². The van der Waals surface area contributed by atoms with Crippen LogP contribution in [0.4, 0.5) is 8.78 Å². The Morgan fingerprint density at radius 3 is 2.50 bits per heavy atom. The molecule has 0 aliphatic carbocycles. The first-order chi connectivity index (χ1) is 9.43. The molecule has 1 heterocycles. The van der Waals surface area contributed by atoms with Gasteiger partial charge in [0.1, 0.15) is 11.6 Å². The summed E-state index contributed by atoms with van der Waals surface area (Å²) >= 11 is 0. The average Bonchev–Trinajstić information content (AvgIpc) is 2.65.